The minimum atomic E-state index is -1.08. The van der Waals surface area contributed by atoms with Crippen molar-refractivity contribution in [2.24, 2.45) is 0 Å². The molecule has 94 valence electrons. The van der Waals surface area contributed by atoms with Crippen molar-refractivity contribution in [3.63, 3.8) is 0 Å². The number of nitrogens with one attached hydrogen (secondary N) is 1. The molecule has 1 atom stereocenters. The maximum atomic E-state index is 10.8. The number of anilines is 1. The predicted molar refractivity (Wildman–Crippen MR) is 65.8 cm³/mol. The smallest absolute Gasteiger partial charge is 0.354 e. The van der Waals surface area contributed by atoms with Gasteiger partial charge in [0.2, 0.25) is 5.95 Å². The Morgan fingerprint density at radius 2 is 2.24 bits per heavy atom. The molecule has 7 heteroatoms. The van der Waals surface area contributed by atoms with Gasteiger partial charge in [0.05, 0.1) is 0 Å². The number of carboxylic acid groups (broad SMARTS) is 1. The molecule has 0 bridgehead atoms. The molecule has 6 nitrogen and oxygen atoms in total. The van der Waals surface area contributed by atoms with Crippen LogP contribution < -0.4 is 5.32 Å². The third-order valence-corrected chi connectivity index (χ3v) is 2.83. The molecule has 1 aromatic heterocycles. The predicted octanol–water partition coefficient (Wildman–Crippen LogP) is 0.664. The van der Waals surface area contributed by atoms with Crippen LogP contribution in [0.15, 0.2) is 6.07 Å². The molecule has 0 aromatic carbocycles. The number of rotatable bonds is 6. The molecule has 0 radical (unpaired) electrons. The first-order valence-corrected chi connectivity index (χ1v) is 6.84. The number of nitrogens with zero attached hydrogens (tertiary/aromatic N) is 2. The molecule has 0 aliphatic carbocycles. The zero-order chi connectivity index (χ0) is 12.8. The number of aromatic nitrogens is 2. The van der Waals surface area contributed by atoms with Crippen LogP contribution in [0.2, 0.25) is 0 Å². The van der Waals surface area contributed by atoms with E-state index >= 15 is 0 Å². The summed E-state index contributed by atoms with van der Waals surface area (Å²) in [6.07, 6.45) is 2.37. The summed E-state index contributed by atoms with van der Waals surface area (Å²) in [4.78, 5) is 18.7. The van der Waals surface area contributed by atoms with Crippen molar-refractivity contribution in [2.75, 3.05) is 23.9 Å². The molecule has 0 saturated carbocycles. The SMILES string of the molecule is Cc1cc(C(=O)O)nc(NCCCS(C)=O)n1. The van der Waals surface area contributed by atoms with Crippen molar-refractivity contribution < 1.29 is 14.1 Å². The lowest BCUT2D eigenvalue weighted by Crippen LogP contribution is -2.11. The number of hydrogen-bond donors (Lipinski definition) is 2. The van der Waals surface area contributed by atoms with Gasteiger partial charge < -0.3 is 10.4 Å². The number of carboxylic acids is 1. The summed E-state index contributed by atoms with van der Waals surface area (Å²) in [7, 11) is -0.814. The highest BCUT2D eigenvalue weighted by molar-refractivity contribution is 7.84. The lowest BCUT2D eigenvalue weighted by molar-refractivity contribution is 0.0690. The van der Waals surface area contributed by atoms with E-state index in [1.54, 1.807) is 13.2 Å². The number of carbonyl (C=O) groups is 1. The monoisotopic (exact) mass is 257 g/mol. The van der Waals surface area contributed by atoms with E-state index in [9.17, 15) is 9.00 Å². The van der Waals surface area contributed by atoms with Crippen LogP contribution in [0.1, 0.15) is 22.6 Å². The van der Waals surface area contributed by atoms with Crippen molar-refractivity contribution in [3.05, 3.63) is 17.5 Å². The van der Waals surface area contributed by atoms with Gasteiger partial charge in [-0.25, -0.2) is 14.8 Å². The van der Waals surface area contributed by atoms with Crippen LogP contribution in [0.25, 0.3) is 0 Å². The van der Waals surface area contributed by atoms with Crippen molar-refractivity contribution in [3.8, 4) is 0 Å². The fourth-order valence-electron chi connectivity index (χ4n) is 1.23. The minimum absolute atomic E-state index is 0.0286. The van der Waals surface area contributed by atoms with Gasteiger partial charge in [0.1, 0.15) is 0 Å². The van der Waals surface area contributed by atoms with Gasteiger partial charge in [0.25, 0.3) is 0 Å². The van der Waals surface area contributed by atoms with Gasteiger partial charge in [0, 0.05) is 35.0 Å². The lowest BCUT2D eigenvalue weighted by atomic mass is 10.3. The fraction of sp³-hybridized carbons (Fsp3) is 0.500. The zero-order valence-electron chi connectivity index (χ0n) is 9.77. The first-order valence-electron chi connectivity index (χ1n) is 5.12. The fourth-order valence-corrected chi connectivity index (χ4v) is 1.78. The average Bonchev–Trinajstić information content (AvgIpc) is 2.23. The topological polar surface area (TPSA) is 92.2 Å². The summed E-state index contributed by atoms with van der Waals surface area (Å²) in [5, 5.41) is 11.7. The second-order valence-corrected chi connectivity index (χ2v) is 5.14. The van der Waals surface area contributed by atoms with Gasteiger partial charge in [-0.2, -0.15) is 0 Å². The quantitative estimate of drug-likeness (QED) is 0.727. The maximum absolute atomic E-state index is 10.8. The Labute approximate surface area is 102 Å². The molecule has 1 rings (SSSR count). The Kier molecular flexibility index (Phi) is 5.02. The van der Waals surface area contributed by atoms with Crippen LogP contribution in [0, 0.1) is 6.92 Å². The molecule has 1 aromatic rings. The van der Waals surface area contributed by atoms with Crippen LogP contribution in [-0.4, -0.2) is 43.8 Å². The van der Waals surface area contributed by atoms with Crippen LogP contribution >= 0.6 is 0 Å². The third-order valence-electron chi connectivity index (χ3n) is 1.97. The summed E-state index contributed by atoms with van der Waals surface area (Å²) in [5.41, 5.74) is 0.568. The van der Waals surface area contributed by atoms with Crippen LogP contribution in [0.3, 0.4) is 0 Å². The molecular weight excluding hydrogens is 242 g/mol. The zero-order valence-corrected chi connectivity index (χ0v) is 10.6. The highest BCUT2D eigenvalue weighted by Gasteiger charge is 2.08. The molecule has 0 saturated heterocycles. The van der Waals surface area contributed by atoms with Crippen LogP contribution in [0.5, 0.6) is 0 Å². The minimum Gasteiger partial charge on any atom is -0.477 e. The Bertz CT molecular complexity index is 437. The molecular formula is C10H15N3O3S. The van der Waals surface area contributed by atoms with E-state index in [0.717, 1.165) is 6.42 Å². The van der Waals surface area contributed by atoms with E-state index in [-0.39, 0.29) is 5.69 Å². The van der Waals surface area contributed by atoms with E-state index in [1.807, 2.05) is 0 Å². The van der Waals surface area contributed by atoms with Gasteiger partial charge in [-0.1, -0.05) is 0 Å². The van der Waals surface area contributed by atoms with E-state index in [0.29, 0.717) is 23.9 Å². The standard InChI is InChI=1S/C10H15N3O3S/c1-7-6-8(9(14)15)13-10(12-7)11-4-3-5-17(2)16/h6H,3-5H2,1-2H3,(H,14,15)(H,11,12,13). The summed E-state index contributed by atoms with van der Waals surface area (Å²) in [5.74, 6) is -0.178. The van der Waals surface area contributed by atoms with Gasteiger partial charge >= 0.3 is 5.97 Å². The Balaban J connectivity index is 2.59. The Morgan fingerprint density at radius 3 is 2.82 bits per heavy atom. The first kappa shape index (κ1) is 13.6. The van der Waals surface area contributed by atoms with Crippen molar-refractivity contribution in [1.29, 1.82) is 0 Å². The highest BCUT2D eigenvalue weighted by atomic mass is 32.2. The molecule has 1 unspecified atom stereocenters. The van der Waals surface area contributed by atoms with Gasteiger partial charge in [-0.15, -0.1) is 0 Å². The highest BCUT2D eigenvalue weighted by Crippen LogP contribution is 2.04. The summed E-state index contributed by atoms with van der Waals surface area (Å²) in [6.45, 7) is 2.28. The van der Waals surface area contributed by atoms with Gasteiger partial charge in [-0.3, -0.25) is 4.21 Å². The van der Waals surface area contributed by atoms with Crippen molar-refractivity contribution in [2.45, 2.75) is 13.3 Å². The number of hydrogen-bond acceptors (Lipinski definition) is 5. The molecule has 0 aliphatic heterocycles. The Hall–Kier alpha value is -1.50. The van der Waals surface area contributed by atoms with E-state index in [4.69, 9.17) is 5.11 Å². The summed E-state index contributed by atoms with van der Waals surface area (Å²) >= 11 is 0. The van der Waals surface area contributed by atoms with E-state index in [2.05, 4.69) is 15.3 Å². The maximum Gasteiger partial charge on any atom is 0.354 e. The van der Waals surface area contributed by atoms with Crippen molar-refractivity contribution in [1.82, 2.24) is 9.97 Å². The second kappa shape index (κ2) is 6.29. The molecule has 0 spiro atoms. The third kappa shape index (κ3) is 4.90. The molecule has 0 aliphatic rings. The molecule has 1 heterocycles. The number of aryl methyl sites for hydroxylation is 1. The normalized spacial score (nSPS) is 12.1. The molecule has 2 N–H and O–H groups in total. The van der Waals surface area contributed by atoms with Crippen LogP contribution in [-0.2, 0) is 10.8 Å². The van der Waals surface area contributed by atoms with Gasteiger partial charge in [0.15, 0.2) is 5.69 Å². The van der Waals surface area contributed by atoms with Crippen LogP contribution in [0.4, 0.5) is 5.95 Å². The van der Waals surface area contributed by atoms with Crippen molar-refractivity contribution >= 4 is 22.7 Å². The average molecular weight is 257 g/mol. The second-order valence-electron chi connectivity index (χ2n) is 3.58. The molecule has 0 fully saturated rings. The molecule has 17 heavy (non-hydrogen) atoms. The largest absolute Gasteiger partial charge is 0.477 e. The summed E-state index contributed by atoms with van der Waals surface area (Å²) < 4.78 is 10.8. The molecule has 0 amide bonds. The number of aromatic carboxylic acids is 1. The Morgan fingerprint density at radius 1 is 1.53 bits per heavy atom. The van der Waals surface area contributed by atoms with E-state index in [1.165, 1.54) is 6.07 Å². The van der Waals surface area contributed by atoms with E-state index < -0.39 is 16.8 Å². The van der Waals surface area contributed by atoms with Gasteiger partial charge in [-0.05, 0) is 19.4 Å². The lowest BCUT2D eigenvalue weighted by Gasteiger charge is -2.05. The first-order chi connectivity index (χ1) is 7.99. The summed E-state index contributed by atoms with van der Waals surface area (Å²) in [6, 6.07) is 1.41.